The maximum absolute atomic E-state index is 5.37. The Labute approximate surface area is 87.9 Å². The van der Waals surface area contributed by atoms with Crippen molar-refractivity contribution in [1.29, 1.82) is 0 Å². The third-order valence-corrected chi connectivity index (χ3v) is 0.992. The minimum absolute atomic E-state index is 0. The summed E-state index contributed by atoms with van der Waals surface area (Å²) in [7, 11) is 0. The van der Waals surface area contributed by atoms with Gasteiger partial charge in [0.25, 0.3) is 0 Å². The van der Waals surface area contributed by atoms with Gasteiger partial charge in [-0.15, -0.1) is 6.07 Å². The van der Waals surface area contributed by atoms with Gasteiger partial charge in [-0.3, -0.25) is 0 Å². The van der Waals surface area contributed by atoms with Gasteiger partial charge in [0.2, 0.25) is 0 Å². The average Bonchev–Trinajstić information content (AvgIpc) is 1.77. The summed E-state index contributed by atoms with van der Waals surface area (Å²) >= 11 is 0. The van der Waals surface area contributed by atoms with E-state index < -0.39 is 0 Å². The van der Waals surface area contributed by atoms with Crippen molar-refractivity contribution in [3.05, 3.63) is 37.3 Å². The molecule has 1 nitrogen and oxygen atoms in total. The molecule has 0 fully saturated rings. The Bertz CT molecular complexity index is 148. The summed E-state index contributed by atoms with van der Waals surface area (Å²) in [6, 6.07) is 8.55. The van der Waals surface area contributed by atoms with Gasteiger partial charge in [0.05, 0.1) is 0 Å². The summed E-state index contributed by atoms with van der Waals surface area (Å²) in [4.78, 5) is 0. The van der Waals surface area contributed by atoms with Gasteiger partial charge in [-0.1, -0.05) is 12.6 Å². The maximum Gasteiger partial charge on any atom is 0 e. The summed E-state index contributed by atoms with van der Waals surface area (Å²) in [5, 5.41) is 0. The van der Waals surface area contributed by atoms with Gasteiger partial charge in [0, 0.05) is 32.7 Å². The number of hydrogen-bond donors (Lipinski definition) is 1. The first-order valence-electron chi connectivity index (χ1n) is 2.53. The number of anilines is 1. The van der Waals surface area contributed by atoms with E-state index in [9.17, 15) is 0 Å². The molecule has 0 amide bonds. The molecule has 0 unspecified atom stereocenters. The number of hydrogen-bond acceptors (Lipinski definition) is 1. The summed E-state index contributed by atoms with van der Waals surface area (Å²) in [6.45, 7) is 2.01. The van der Waals surface area contributed by atoms with Crippen LogP contribution in [0.25, 0.3) is 0 Å². The molecule has 53 valence electrons. The third kappa shape index (κ3) is 4.02. The molecule has 0 atom stereocenters. The number of nitrogens with two attached hydrogens (primary N) is 1. The fourth-order valence-corrected chi connectivity index (χ4v) is 0.515. The molecule has 0 aliphatic heterocycles. The van der Waals surface area contributed by atoms with Crippen molar-refractivity contribution < 1.29 is 32.7 Å². The molecule has 0 bridgehead atoms. The van der Waals surface area contributed by atoms with Crippen LogP contribution in [0.3, 0.4) is 0 Å². The topological polar surface area (TPSA) is 26.0 Å². The average molecular weight is 210 g/mol. The van der Waals surface area contributed by atoms with Crippen LogP contribution >= 0.6 is 0 Å². The van der Waals surface area contributed by atoms with Gasteiger partial charge < -0.3 is 13.2 Å². The Balaban J connectivity index is 0. The number of benzene rings is 1. The fourth-order valence-electron chi connectivity index (χ4n) is 0.515. The van der Waals surface area contributed by atoms with E-state index in [0.717, 1.165) is 0 Å². The second-order valence-corrected chi connectivity index (χ2v) is 1.82. The molecule has 0 aliphatic rings. The number of nitrogen functional groups attached to an aromatic ring is 1. The van der Waals surface area contributed by atoms with E-state index in [1.54, 1.807) is 0 Å². The van der Waals surface area contributed by atoms with Crippen molar-refractivity contribution in [2.45, 2.75) is 6.92 Å². The molecule has 0 saturated carbocycles. The predicted molar refractivity (Wildman–Crippen MR) is 40.8 cm³/mol. The number of rotatable bonds is 0. The molecule has 1 aromatic rings. The molecule has 0 aliphatic carbocycles. The van der Waals surface area contributed by atoms with E-state index in [2.05, 4.69) is 6.07 Å². The first-order valence-corrected chi connectivity index (χ1v) is 2.53. The van der Waals surface area contributed by atoms with Gasteiger partial charge in [-0.25, -0.2) is 0 Å². The van der Waals surface area contributed by atoms with E-state index >= 15 is 0 Å². The van der Waals surface area contributed by atoms with Crippen molar-refractivity contribution in [2.75, 3.05) is 5.73 Å². The van der Waals surface area contributed by atoms with Crippen LogP contribution in [-0.2, 0) is 32.7 Å². The fraction of sp³-hybridized carbons (Fsp3) is 0.125. The molecule has 2 heteroatoms. The van der Waals surface area contributed by atoms with Crippen LogP contribution in [-0.4, -0.2) is 0 Å². The van der Waals surface area contributed by atoms with Crippen LogP contribution < -0.4 is 5.73 Å². The molecule has 0 heterocycles. The zero-order valence-electron chi connectivity index (χ0n) is 6.39. The SMILES string of the molecule is Cc1c[c-]c(N)cc1.[CH3-].[Y]. The van der Waals surface area contributed by atoms with Crippen molar-refractivity contribution in [3.8, 4) is 0 Å². The third-order valence-electron chi connectivity index (χ3n) is 0.992. The summed E-state index contributed by atoms with van der Waals surface area (Å²) in [6.07, 6.45) is 0. The van der Waals surface area contributed by atoms with Crippen molar-refractivity contribution in [1.82, 2.24) is 0 Å². The van der Waals surface area contributed by atoms with Crippen LogP contribution in [0.4, 0.5) is 5.69 Å². The molecule has 1 aromatic carbocycles. The van der Waals surface area contributed by atoms with Gasteiger partial charge in [0.15, 0.2) is 0 Å². The van der Waals surface area contributed by atoms with E-state index in [1.165, 1.54) is 5.56 Å². The largest absolute Gasteiger partial charge is 0.420 e. The quantitative estimate of drug-likeness (QED) is 0.513. The van der Waals surface area contributed by atoms with E-state index in [4.69, 9.17) is 5.73 Å². The van der Waals surface area contributed by atoms with Crippen LogP contribution in [0, 0.1) is 20.4 Å². The maximum atomic E-state index is 5.37. The molecule has 1 rings (SSSR count). The summed E-state index contributed by atoms with van der Waals surface area (Å²) < 4.78 is 0. The molecular formula is C8H11NY-2. The van der Waals surface area contributed by atoms with E-state index in [-0.39, 0.29) is 40.1 Å². The zero-order chi connectivity index (χ0) is 5.98. The first kappa shape index (κ1) is 12.8. The second-order valence-electron chi connectivity index (χ2n) is 1.82. The Morgan fingerprint density at radius 3 is 2.30 bits per heavy atom. The normalized spacial score (nSPS) is 7.30. The minimum Gasteiger partial charge on any atom is -0.420 e. The summed E-state index contributed by atoms with van der Waals surface area (Å²) in [5.41, 5.74) is 7.27. The summed E-state index contributed by atoms with van der Waals surface area (Å²) in [5.74, 6) is 0. The van der Waals surface area contributed by atoms with Gasteiger partial charge in [-0.2, -0.15) is 23.8 Å². The van der Waals surface area contributed by atoms with Crippen molar-refractivity contribution >= 4 is 5.69 Å². The van der Waals surface area contributed by atoms with Crippen LogP contribution in [0.2, 0.25) is 0 Å². The standard InChI is InChI=1S/C7H8N.CH3.Y/c1-6-2-4-7(8)5-3-6;;/h2-4H,8H2,1H3;1H3;/q2*-1;. The van der Waals surface area contributed by atoms with Crippen molar-refractivity contribution in [2.24, 2.45) is 0 Å². The molecule has 0 spiro atoms. The first-order chi connectivity index (χ1) is 3.79. The van der Waals surface area contributed by atoms with Crippen molar-refractivity contribution in [3.63, 3.8) is 0 Å². The Morgan fingerprint density at radius 1 is 1.40 bits per heavy atom. The van der Waals surface area contributed by atoms with Gasteiger partial charge >= 0.3 is 0 Å². The zero-order valence-corrected chi connectivity index (χ0v) is 9.23. The van der Waals surface area contributed by atoms with Gasteiger partial charge in [-0.05, 0) is 0 Å². The molecule has 10 heavy (non-hydrogen) atoms. The monoisotopic (exact) mass is 210 g/mol. The van der Waals surface area contributed by atoms with Crippen LogP contribution in [0.15, 0.2) is 18.2 Å². The molecule has 2 N–H and O–H groups in total. The Kier molecular flexibility index (Phi) is 7.50. The minimum atomic E-state index is 0. The predicted octanol–water partition coefficient (Wildman–Crippen LogP) is 1.83. The Hall–Kier alpha value is 0.124. The smallest absolute Gasteiger partial charge is 0 e. The number of aryl methyl sites for hydroxylation is 1. The van der Waals surface area contributed by atoms with Gasteiger partial charge in [0.1, 0.15) is 0 Å². The molecule has 0 aromatic heterocycles. The van der Waals surface area contributed by atoms with Crippen LogP contribution in [0.5, 0.6) is 0 Å². The Morgan fingerprint density at radius 2 is 2.00 bits per heavy atom. The van der Waals surface area contributed by atoms with E-state index in [1.807, 2.05) is 25.1 Å². The molecular weight excluding hydrogens is 199 g/mol. The van der Waals surface area contributed by atoms with Crippen LogP contribution in [0.1, 0.15) is 5.56 Å². The van der Waals surface area contributed by atoms with E-state index in [0.29, 0.717) is 5.69 Å². The second kappa shape index (κ2) is 5.88. The molecule has 1 radical (unpaired) electrons. The molecule has 0 saturated heterocycles.